The molecule has 0 spiro atoms. The van der Waals surface area contributed by atoms with Gasteiger partial charge in [-0.15, -0.1) is 0 Å². The minimum atomic E-state index is -0.0208. The van der Waals surface area contributed by atoms with E-state index in [-0.39, 0.29) is 11.5 Å². The summed E-state index contributed by atoms with van der Waals surface area (Å²) in [4.78, 5) is 0. The first-order valence-electron chi connectivity index (χ1n) is 4.47. The SMILES string of the molecule is CC.CC.[B]c1cc(O)cc(O)c1. The Hall–Kier alpha value is -1.12. The van der Waals surface area contributed by atoms with Gasteiger partial charge in [-0.3, -0.25) is 0 Å². The van der Waals surface area contributed by atoms with Crippen LogP contribution >= 0.6 is 0 Å². The molecule has 0 amide bonds. The third-order valence-corrected chi connectivity index (χ3v) is 0.925. The van der Waals surface area contributed by atoms with Crippen molar-refractivity contribution in [2.45, 2.75) is 27.7 Å². The molecular weight excluding hydrogens is 163 g/mol. The fourth-order valence-electron chi connectivity index (χ4n) is 0.618. The molecule has 0 saturated heterocycles. The Bertz CT molecular complexity index is 174. The lowest BCUT2D eigenvalue weighted by molar-refractivity contribution is 0.451. The summed E-state index contributed by atoms with van der Waals surface area (Å²) in [5.41, 5.74) is 0.354. The van der Waals surface area contributed by atoms with Gasteiger partial charge in [0, 0.05) is 6.07 Å². The van der Waals surface area contributed by atoms with Gasteiger partial charge in [0.15, 0.2) is 0 Å². The molecule has 13 heavy (non-hydrogen) atoms. The number of hydrogen-bond acceptors (Lipinski definition) is 2. The molecule has 0 saturated carbocycles. The molecule has 0 bridgehead atoms. The lowest BCUT2D eigenvalue weighted by Gasteiger charge is -1.95. The van der Waals surface area contributed by atoms with E-state index < -0.39 is 0 Å². The smallest absolute Gasteiger partial charge is 0.118 e. The second-order valence-electron chi connectivity index (χ2n) is 1.78. The molecule has 3 heteroatoms. The van der Waals surface area contributed by atoms with Gasteiger partial charge < -0.3 is 10.2 Å². The number of hydrogen-bond donors (Lipinski definition) is 2. The first kappa shape index (κ1) is 14.4. The maximum atomic E-state index is 8.75. The molecule has 0 unspecified atom stereocenters. The largest absolute Gasteiger partial charge is 0.508 e. The Morgan fingerprint density at radius 2 is 1.15 bits per heavy atom. The molecule has 0 aliphatic carbocycles. The summed E-state index contributed by atoms with van der Waals surface area (Å²) in [5, 5.41) is 17.5. The number of rotatable bonds is 0. The summed E-state index contributed by atoms with van der Waals surface area (Å²) < 4.78 is 0. The molecule has 1 aromatic rings. The highest BCUT2D eigenvalue weighted by molar-refractivity contribution is 6.32. The first-order valence-corrected chi connectivity index (χ1v) is 4.47. The van der Waals surface area contributed by atoms with E-state index in [1.54, 1.807) is 0 Å². The highest BCUT2D eigenvalue weighted by Crippen LogP contribution is 2.13. The number of phenols is 2. The highest BCUT2D eigenvalue weighted by atomic mass is 16.3. The van der Waals surface area contributed by atoms with Crippen molar-refractivity contribution in [2.75, 3.05) is 0 Å². The maximum absolute atomic E-state index is 8.75. The van der Waals surface area contributed by atoms with Crippen molar-refractivity contribution < 1.29 is 10.2 Å². The van der Waals surface area contributed by atoms with Gasteiger partial charge in [0.2, 0.25) is 0 Å². The molecule has 2 radical (unpaired) electrons. The van der Waals surface area contributed by atoms with Gasteiger partial charge in [0.05, 0.1) is 0 Å². The molecule has 72 valence electrons. The van der Waals surface area contributed by atoms with E-state index in [1.807, 2.05) is 27.7 Å². The van der Waals surface area contributed by atoms with Crippen LogP contribution in [0.15, 0.2) is 18.2 Å². The van der Waals surface area contributed by atoms with Gasteiger partial charge in [-0.05, 0) is 12.1 Å². The Labute approximate surface area is 81.6 Å². The molecule has 0 aliphatic heterocycles. The zero-order chi connectivity index (χ0) is 10.9. The molecule has 2 nitrogen and oxygen atoms in total. The standard InChI is InChI=1S/C6H5BO2.2C2H6/c7-4-1-5(8)3-6(9)2-4;2*1-2/h1-3,8-9H;2*1-2H3. The predicted molar refractivity (Wildman–Crippen MR) is 57.9 cm³/mol. The van der Waals surface area contributed by atoms with E-state index in [0.29, 0.717) is 5.46 Å². The summed E-state index contributed by atoms with van der Waals surface area (Å²) in [7, 11) is 5.24. The van der Waals surface area contributed by atoms with Crippen molar-refractivity contribution in [3.63, 3.8) is 0 Å². The number of phenolic OH excluding ortho intramolecular Hbond substituents is 2. The summed E-state index contributed by atoms with van der Waals surface area (Å²) in [6, 6.07) is 3.94. The fraction of sp³-hybridized carbons (Fsp3) is 0.400. The maximum Gasteiger partial charge on any atom is 0.118 e. The van der Waals surface area contributed by atoms with Crippen LogP contribution in [-0.4, -0.2) is 18.1 Å². The highest BCUT2D eigenvalue weighted by Gasteiger charge is 1.91. The lowest BCUT2D eigenvalue weighted by atomic mass is 9.96. The van der Waals surface area contributed by atoms with Gasteiger partial charge in [-0.25, -0.2) is 0 Å². The number of benzene rings is 1. The lowest BCUT2D eigenvalue weighted by Crippen LogP contribution is -1.98. The average molecular weight is 180 g/mol. The van der Waals surface area contributed by atoms with E-state index >= 15 is 0 Å². The molecule has 0 atom stereocenters. The average Bonchev–Trinajstić information content (AvgIpc) is 2.09. The van der Waals surface area contributed by atoms with Crippen LogP contribution in [0.3, 0.4) is 0 Å². The van der Waals surface area contributed by atoms with Gasteiger partial charge in [0.25, 0.3) is 0 Å². The van der Waals surface area contributed by atoms with E-state index in [0.717, 1.165) is 0 Å². The third-order valence-electron chi connectivity index (χ3n) is 0.925. The monoisotopic (exact) mass is 180 g/mol. The van der Waals surface area contributed by atoms with Crippen LogP contribution in [0.25, 0.3) is 0 Å². The van der Waals surface area contributed by atoms with Crippen molar-refractivity contribution in [3.8, 4) is 11.5 Å². The second-order valence-corrected chi connectivity index (χ2v) is 1.78. The summed E-state index contributed by atoms with van der Waals surface area (Å²) in [5.74, 6) is -0.0417. The van der Waals surface area contributed by atoms with Crippen molar-refractivity contribution in [1.82, 2.24) is 0 Å². The van der Waals surface area contributed by atoms with Crippen LogP contribution in [-0.2, 0) is 0 Å². The molecule has 0 fully saturated rings. The zero-order valence-corrected chi connectivity index (χ0v) is 8.70. The first-order chi connectivity index (χ1) is 6.18. The number of aromatic hydroxyl groups is 2. The third kappa shape index (κ3) is 7.25. The fourth-order valence-corrected chi connectivity index (χ4v) is 0.618. The Morgan fingerprint density at radius 1 is 0.846 bits per heavy atom. The molecule has 0 aliphatic rings. The van der Waals surface area contributed by atoms with Gasteiger partial charge in [-0.1, -0.05) is 33.2 Å². The quantitative estimate of drug-likeness (QED) is 0.599. The molecular formula is C10H17BO2. The van der Waals surface area contributed by atoms with Crippen LogP contribution in [0.4, 0.5) is 0 Å². The van der Waals surface area contributed by atoms with Crippen LogP contribution in [0.1, 0.15) is 27.7 Å². The van der Waals surface area contributed by atoms with Crippen molar-refractivity contribution >= 4 is 13.3 Å². The minimum absolute atomic E-state index is 0.0208. The van der Waals surface area contributed by atoms with Gasteiger partial charge in [-0.2, -0.15) is 0 Å². The van der Waals surface area contributed by atoms with Crippen molar-refractivity contribution in [3.05, 3.63) is 18.2 Å². The zero-order valence-electron chi connectivity index (χ0n) is 8.70. The Morgan fingerprint density at radius 3 is 1.38 bits per heavy atom. The van der Waals surface area contributed by atoms with Crippen LogP contribution in [0, 0.1) is 0 Å². The van der Waals surface area contributed by atoms with E-state index in [1.165, 1.54) is 18.2 Å². The van der Waals surface area contributed by atoms with Crippen LogP contribution in [0.2, 0.25) is 0 Å². The Balaban J connectivity index is 0. The van der Waals surface area contributed by atoms with Gasteiger partial charge in [0.1, 0.15) is 19.3 Å². The predicted octanol–water partition coefficient (Wildman–Crippen LogP) is 1.94. The topological polar surface area (TPSA) is 40.5 Å². The summed E-state index contributed by atoms with van der Waals surface area (Å²) >= 11 is 0. The molecule has 1 aromatic carbocycles. The summed E-state index contributed by atoms with van der Waals surface area (Å²) in [6.45, 7) is 8.00. The van der Waals surface area contributed by atoms with Crippen molar-refractivity contribution in [1.29, 1.82) is 0 Å². The normalized spacial score (nSPS) is 7.38. The molecule has 1 rings (SSSR count). The van der Waals surface area contributed by atoms with Crippen LogP contribution < -0.4 is 5.46 Å². The second kappa shape index (κ2) is 8.98. The minimum Gasteiger partial charge on any atom is -0.508 e. The van der Waals surface area contributed by atoms with Gasteiger partial charge >= 0.3 is 0 Å². The van der Waals surface area contributed by atoms with E-state index in [9.17, 15) is 0 Å². The Kier molecular flexibility index (Phi) is 9.95. The van der Waals surface area contributed by atoms with Crippen LogP contribution in [0.5, 0.6) is 11.5 Å². The molecule has 0 aromatic heterocycles. The van der Waals surface area contributed by atoms with E-state index in [2.05, 4.69) is 0 Å². The van der Waals surface area contributed by atoms with E-state index in [4.69, 9.17) is 18.1 Å². The molecule has 0 heterocycles. The summed E-state index contributed by atoms with van der Waals surface area (Å²) in [6.07, 6.45) is 0. The molecule has 2 N–H and O–H groups in total. The van der Waals surface area contributed by atoms with Crippen molar-refractivity contribution in [2.24, 2.45) is 0 Å².